The molecule has 0 spiro atoms. The van der Waals surface area contributed by atoms with Gasteiger partial charge in [0.05, 0.1) is 12.2 Å². The van der Waals surface area contributed by atoms with Crippen LogP contribution in [0.15, 0.2) is 30.3 Å². The van der Waals surface area contributed by atoms with Crippen molar-refractivity contribution < 1.29 is 19.1 Å². The number of amides is 2. The van der Waals surface area contributed by atoms with Gasteiger partial charge in [0, 0.05) is 61.3 Å². The smallest absolute Gasteiger partial charge is 0.340 e. The molecule has 1 fully saturated rings. The van der Waals surface area contributed by atoms with Crippen LogP contribution in [0.3, 0.4) is 0 Å². The van der Waals surface area contributed by atoms with Gasteiger partial charge in [0.2, 0.25) is 5.91 Å². The third kappa shape index (κ3) is 5.18. The molecule has 0 atom stereocenters. The van der Waals surface area contributed by atoms with E-state index in [0.717, 1.165) is 23.5 Å². The lowest BCUT2D eigenvalue weighted by Gasteiger charge is -2.34. The Balaban J connectivity index is 1.69. The molecular formula is C26H33N3O4. The number of hydrogen-bond acceptors (Lipinski definition) is 4. The maximum Gasteiger partial charge on any atom is 0.340 e. The first-order chi connectivity index (χ1) is 15.8. The van der Waals surface area contributed by atoms with E-state index in [2.05, 4.69) is 0 Å². The number of carbonyl (C=O) groups is 3. The lowest BCUT2D eigenvalue weighted by atomic mass is 10.1. The lowest BCUT2D eigenvalue weighted by Crippen LogP contribution is -2.50. The molecule has 7 heteroatoms. The summed E-state index contributed by atoms with van der Waals surface area (Å²) in [7, 11) is 0. The van der Waals surface area contributed by atoms with Crippen molar-refractivity contribution in [1.29, 1.82) is 0 Å². The zero-order valence-corrected chi connectivity index (χ0v) is 20.2. The van der Waals surface area contributed by atoms with Gasteiger partial charge in [-0.05, 0) is 52.8 Å². The summed E-state index contributed by atoms with van der Waals surface area (Å²) in [4.78, 5) is 41.6. The van der Waals surface area contributed by atoms with E-state index in [4.69, 9.17) is 4.74 Å². The quantitative estimate of drug-likeness (QED) is 0.497. The predicted octanol–water partition coefficient (Wildman–Crippen LogP) is 3.61. The van der Waals surface area contributed by atoms with Gasteiger partial charge >= 0.3 is 5.97 Å². The fourth-order valence-corrected chi connectivity index (χ4v) is 4.32. The third-order valence-electron chi connectivity index (χ3n) is 6.20. The second-order valence-corrected chi connectivity index (χ2v) is 8.24. The van der Waals surface area contributed by atoms with E-state index in [9.17, 15) is 14.4 Å². The number of carbonyl (C=O) groups excluding carboxylic acids is 3. The molecule has 0 N–H and O–H groups in total. The first-order valence-corrected chi connectivity index (χ1v) is 11.5. The van der Waals surface area contributed by atoms with Gasteiger partial charge in [0.15, 0.2) is 0 Å². The molecule has 33 heavy (non-hydrogen) atoms. The number of rotatable bonds is 6. The number of aromatic nitrogens is 1. The molecule has 2 aromatic rings. The highest BCUT2D eigenvalue weighted by Crippen LogP contribution is 2.25. The molecule has 0 bridgehead atoms. The molecule has 2 amide bonds. The Bertz CT molecular complexity index is 1060. The topological polar surface area (TPSA) is 71.9 Å². The van der Waals surface area contributed by atoms with Crippen LogP contribution < -0.4 is 0 Å². The summed E-state index contributed by atoms with van der Waals surface area (Å²) >= 11 is 0. The molecule has 1 aliphatic heterocycles. The van der Waals surface area contributed by atoms with Crippen molar-refractivity contribution in [3.8, 4) is 0 Å². The van der Waals surface area contributed by atoms with Crippen LogP contribution in [0.5, 0.6) is 0 Å². The largest absolute Gasteiger partial charge is 0.462 e. The molecule has 1 aromatic heterocycles. The van der Waals surface area contributed by atoms with E-state index in [1.54, 1.807) is 22.8 Å². The number of nitrogens with zero attached hydrogens (tertiary/aromatic N) is 3. The number of aryl methyl sites for hydroxylation is 1. The highest BCUT2D eigenvalue weighted by molar-refractivity contribution is 5.99. The maximum absolute atomic E-state index is 12.8. The molecule has 2 heterocycles. The van der Waals surface area contributed by atoms with Gasteiger partial charge < -0.3 is 19.1 Å². The summed E-state index contributed by atoms with van der Waals surface area (Å²) in [5.74, 6) is -0.516. The summed E-state index contributed by atoms with van der Waals surface area (Å²) in [5, 5.41) is 0. The van der Waals surface area contributed by atoms with Gasteiger partial charge in [-0.1, -0.05) is 17.7 Å². The van der Waals surface area contributed by atoms with E-state index in [0.29, 0.717) is 49.5 Å². The van der Waals surface area contributed by atoms with E-state index in [1.807, 2.05) is 56.5 Å². The van der Waals surface area contributed by atoms with E-state index in [-0.39, 0.29) is 17.8 Å². The summed E-state index contributed by atoms with van der Waals surface area (Å²) in [6.45, 7) is 12.6. The van der Waals surface area contributed by atoms with E-state index in [1.165, 1.54) is 6.08 Å². The number of esters is 1. The Morgan fingerprint density at radius 1 is 0.909 bits per heavy atom. The second-order valence-electron chi connectivity index (χ2n) is 8.24. The monoisotopic (exact) mass is 451 g/mol. The van der Waals surface area contributed by atoms with Gasteiger partial charge in [-0.2, -0.15) is 0 Å². The maximum atomic E-state index is 12.8. The van der Waals surface area contributed by atoms with Crippen LogP contribution >= 0.6 is 0 Å². The minimum Gasteiger partial charge on any atom is -0.462 e. The summed E-state index contributed by atoms with van der Waals surface area (Å²) in [5.41, 5.74) is 4.76. The first kappa shape index (κ1) is 24.3. The summed E-state index contributed by atoms with van der Waals surface area (Å²) < 4.78 is 7.29. The van der Waals surface area contributed by atoms with Crippen molar-refractivity contribution in [3.63, 3.8) is 0 Å². The number of benzene rings is 1. The third-order valence-corrected chi connectivity index (χ3v) is 6.20. The lowest BCUT2D eigenvalue weighted by molar-refractivity contribution is -0.127. The van der Waals surface area contributed by atoms with Crippen molar-refractivity contribution >= 4 is 23.9 Å². The van der Waals surface area contributed by atoms with Crippen LogP contribution in [0.2, 0.25) is 0 Å². The van der Waals surface area contributed by atoms with Crippen molar-refractivity contribution in [1.82, 2.24) is 14.4 Å². The molecule has 0 aliphatic carbocycles. The second kappa shape index (κ2) is 10.5. The van der Waals surface area contributed by atoms with Crippen LogP contribution in [0.4, 0.5) is 0 Å². The Labute approximate surface area is 195 Å². The number of ether oxygens (including phenoxy) is 1. The molecular weight excluding hydrogens is 418 g/mol. The van der Waals surface area contributed by atoms with Crippen LogP contribution in [0.1, 0.15) is 57.1 Å². The number of hydrogen-bond donors (Lipinski definition) is 0. The highest BCUT2D eigenvalue weighted by Gasteiger charge is 2.25. The van der Waals surface area contributed by atoms with Crippen molar-refractivity contribution in [2.45, 2.75) is 41.2 Å². The van der Waals surface area contributed by atoms with Gasteiger partial charge in [-0.25, -0.2) is 4.79 Å². The van der Waals surface area contributed by atoms with Crippen LogP contribution in [-0.4, -0.2) is 64.9 Å². The zero-order valence-electron chi connectivity index (χ0n) is 20.2. The minimum atomic E-state index is -0.374. The fourth-order valence-electron chi connectivity index (χ4n) is 4.32. The summed E-state index contributed by atoms with van der Waals surface area (Å²) in [6.07, 6.45) is 3.23. The Morgan fingerprint density at radius 3 is 2.09 bits per heavy atom. The van der Waals surface area contributed by atoms with Crippen molar-refractivity contribution in [2.75, 3.05) is 32.8 Å². The first-order valence-electron chi connectivity index (χ1n) is 11.5. The molecule has 176 valence electrons. The van der Waals surface area contributed by atoms with Crippen molar-refractivity contribution in [2.24, 2.45) is 0 Å². The summed E-state index contributed by atoms with van der Waals surface area (Å²) in [6, 6.07) is 7.54. The average Bonchev–Trinajstić information content (AvgIpc) is 3.06. The van der Waals surface area contributed by atoms with Crippen LogP contribution in [0, 0.1) is 20.8 Å². The van der Waals surface area contributed by atoms with Crippen LogP contribution in [-0.2, 0) is 16.1 Å². The zero-order chi connectivity index (χ0) is 24.1. The predicted molar refractivity (Wildman–Crippen MR) is 128 cm³/mol. The van der Waals surface area contributed by atoms with Gasteiger partial charge in [0.25, 0.3) is 5.91 Å². The molecule has 0 unspecified atom stereocenters. The molecule has 1 aliphatic rings. The van der Waals surface area contributed by atoms with Crippen LogP contribution in [0.25, 0.3) is 6.08 Å². The van der Waals surface area contributed by atoms with Gasteiger partial charge in [-0.3, -0.25) is 9.59 Å². The molecule has 0 saturated carbocycles. The normalized spacial score (nSPS) is 14.1. The minimum absolute atomic E-state index is 0.0104. The average molecular weight is 452 g/mol. The Kier molecular flexibility index (Phi) is 7.74. The highest BCUT2D eigenvalue weighted by atomic mass is 16.5. The van der Waals surface area contributed by atoms with E-state index < -0.39 is 0 Å². The van der Waals surface area contributed by atoms with Crippen molar-refractivity contribution in [3.05, 3.63) is 64.0 Å². The number of piperazine rings is 1. The Hall–Kier alpha value is -3.35. The Morgan fingerprint density at radius 2 is 1.52 bits per heavy atom. The van der Waals surface area contributed by atoms with Gasteiger partial charge in [-0.15, -0.1) is 0 Å². The SMILES string of the molecule is CCOC(=O)c1c(/C=C/C(=O)N2CCN(C(=O)c3ccc(C)cc3)CC2)c(C)n(CC)c1C. The molecule has 7 nitrogen and oxygen atoms in total. The molecule has 0 radical (unpaired) electrons. The molecule has 3 rings (SSSR count). The van der Waals surface area contributed by atoms with E-state index >= 15 is 0 Å². The molecule has 1 saturated heterocycles. The van der Waals surface area contributed by atoms with Gasteiger partial charge in [0.1, 0.15) is 0 Å². The fraction of sp³-hybridized carbons (Fsp3) is 0.423. The molecule has 1 aromatic carbocycles. The standard InChI is InChI=1S/C26H33N3O4/c1-6-29-19(4)22(24(20(29)5)26(32)33-7-2)12-13-23(30)27-14-16-28(17-15-27)25(31)21-10-8-18(3)9-11-21/h8-13H,6-7,14-17H2,1-5H3/b13-12+.